The van der Waals surface area contributed by atoms with E-state index in [2.05, 4.69) is 11.2 Å². The number of nitrogens with one attached hydrogen (secondary N) is 1. The molecule has 132 valence electrons. The topological polar surface area (TPSA) is 80.6 Å². The summed E-state index contributed by atoms with van der Waals surface area (Å²) in [4.78, 5) is 24.2. The van der Waals surface area contributed by atoms with Gasteiger partial charge in [-0.3, -0.25) is 9.59 Å². The second-order valence-corrected chi connectivity index (χ2v) is 5.84. The zero-order valence-corrected chi connectivity index (χ0v) is 14.4. The van der Waals surface area contributed by atoms with Gasteiger partial charge in [-0.25, -0.2) is 0 Å². The number of nitrogens with zero attached hydrogens (tertiary/aromatic N) is 1. The van der Waals surface area contributed by atoms with Gasteiger partial charge in [0.1, 0.15) is 5.76 Å². The van der Waals surface area contributed by atoms with Crippen LogP contribution in [0.25, 0.3) is 0 Å². The van der Waals surface area contributed by atoms with Crippen molar-refractivity contribution in [3.05, 3.63) is 57.2 Å². The van der Waals surface area contributed by atoms with Gasteiger partial charge in [-0.05, 0) is 37.0 Å². The molecule has 2 rings (SSSR count). The van der Waals surface area contributed by atoms with E-state index in [0.29, 0.717) is 0 Å². The second-order valence-electron chi connectivity index (χ2n) is 5.84. The Balaban J connectivity index is 2.22. The van der Waals surface area contributed by atoms with Crippen LogP contribution >= 0.6 is 0 Å². The van der Waals surface area contributed by atoms with Crippen molar-refractivity contribution in [3.63, 3.8) is 0 Å². The van der Waals surface area contributed by atoms with E-state index in [4.69, 9.17) is 11.2 Å². The highest BCUT2D eigenvalue weighted by molar-refractivity contribution is 5.98. The third-order valence-corrected chi connectivity index (χ3v) is 4.21. The molecule has 0 saturated heterocycles. The monoisotopic (exact) mass is 342 g/mol. The first-order valence-corrected chi connectivity index (χ1v) is 8.04. The number of ether oxygens (including phenoxy) is 1. The first-order valence-electron chi connectivity index (χ1n) is 8.04. The molecule has 0 fully saturated rings. The molecule has 0 radical (unpaired) electrons. The number of hydrogen-bond acceptors (Lipinski definition) is 4. The number of allylic oxidation sites excluding steroid dienone is 1. The molecule has 0 aromatic carbocycles. The van der Waals surface area contributed by atoms with Gasteiger partial charge in [-0.1, -0.05) is 5.92 Å². The molecule has 0 spiro atoms. The van der Waals surface area contributed by atoms with Gasteiger partial charge in [-0.15, -0.1) is 6.42 Å². The summed E-state index contributed by atoms with van der Waals surface area (Å²) < 4.78 is 6.44. The molecule has 1 aromatic heterocycles. The van der Waals surface area contributed by atoms with Crippen molar-refractivity contribution in [2.45, 2.75) is 25.3 Å². The molecule has 0 bridgehead atoms. The zero-order valence-electron chi connectivity index (χ0n) is 14.4. The number of fused-ring (bicyclic) bond motifs is 1. The fourth-order valence-electron chi connectivity index (χ4n) is 2.89. The molecule has 0 aliphatic heterocycles. The number of carbonyl (C=O) groups is 1. The highest BCUT2D eigenvalue weighted by Crippen LogP contribution is 2.28. The average molecular weight is 342 g/mol. The van der Waals surface area contributed by atoms with Crippen LogP contribution in [-0.4, -0.2) is 29.3 Å². The molecule has 1 aliphatic rings. The Hall–Kier alpha value is -2.78. The number of aliphatic hydroxyl groups excluding tert-OH is 1. The smallest absolute Gasteiger partial charge is 0.260 e. The lowest BCUT2D eigenvalue weighted by Gasteiger charge is -2.27. The van der Waals surface area contributed by atoms with E-state index in [1.807, 2.05) is 0 Å². The summed E-state index contributed by atoms with van der Waals surface area (Å²) in [5, 5.41) is 12.7. The lowest BCUT2D eigenvalue weighted by atomic mass is 9.90. The van der Waals surface area contributed by atoms with Gasteiger partial charge in [0.15, 0.2) is 0 Å². The molecule has 1 aliphatic carbocycles. The normalized spacial score (nSPS) is 17.6. The molecular weight excluding hydrogens is 320 g/mol. The van der Waals surface area contributed by atoms with Gasteiger partial charge in [0, 0.05) is 32.0 Å². The van der Waals surface area contributed by atoms with Crippen molar-refractivity contribution in [3.8, 4) is 12.3 Å². The molecule has 1 heterocycles. The highest BCUT2D eigenvalue weighted by Gasteiger charge is 2.24. The van der Waals surface area contributed by atoms with Crippen LogP contribution in [0.3, 0.4) is 0 Å². The number of hydrogen-bond donors (Lipinski definition) is 2. The van der Waals surface area contributed by atoms with E-state index in [1.54, 1.807) is 17.7 Å². The Labute approximate surface area is 146 Å². The van der Waals surface area contributed by atoms with Crippen molar-refractivity contribution < 1.29 is 14.6 Å². The minimum atomic E-state index is -0.438. The predicted octanol–water partition coefficient (Wildman–Crippen LogP) is 1.53. The van der Waals surface area contributed by atoms with Crippen molar-refractivity contribution in [1.82, 2.24) is 9.88 Å². The maximum Gasteiger partial charge on any atom is 0.260 e. The number of carbonyl (C=O) groups excluding carboxylic acids is 1. The fourth-order valence-corrected chi connectivity index (χ4v) is 2.89. The van der Waals surface area contributed by atoms with Crippen LogP contribution in [0.4, 0.5) is 0 Å². The van der Waals surface area contributed by atoms with Crippen LogP contribution in [-0.2, 0) is 23.0 Å². The lowest BCUT2D eigenvalue weighted by Crippen LogP contribution is -2.34. The predicted molar refractivity (Wildman–Crippen MR) is 95.0 cm³/mol. The van der Waals surface area contributed by atoms with Gasteiger partial charge >= 0.3 is 0 Å². The summed E-state index contributed by atoms with van der Waals surface area (Å²) in [7, 11) is 3.23. The Kier molecular flexibility index (Phi) is 6.20. The summed E-state index contributed by atoms with van der Waals surface area (Å²) in [6.45, 7) is 0.214. The van der Waals surface area contributed by atoms with Gasteiger partial charge in [0.25, 0.3) is 5.91 Å². The van der Waals surface area contributed by atoms with Crippen molar-refractivity contribution in [2.75, 3.05) is 13.7 Å². The summed E-state index contributed by atoms with van der Waals surface area (Å²) >= 11 is 0. The Morgan fingerprint density at radius 1 is 1.56 bits per heavy atom. The molecule has 1 atom stereocenters. The SMILES string of the molecule is C#C/C(=C\C(O)=C/COC)C(=O)NC1CCCc2c1ccc(=O)n2C. The summed E-state index contributed by atoms with van der Waals surface area (Å²) in [5.74, 6) is 1.73. The van der Waals surface area contributed by atoms with Crippen molar-refractivity contribution in [1.29, 1.82) is 0 Å². The first-order chi connectivity index (χ1) is 12.0. The van der Waals surface area contributed by atoms with E-state index < -0.39 is 5.91 Å². The quantitative estimate of drug-likeness (QED) is 0.368. The molecule has 6 heteroatoms. The van der Waals surface area contributed by atoms with E-state index in [1.165, 1.54) is 25.3 Å². The van der Waals surface area contributed by atoms with Gasteiger partial charge < -0.3 is 19.7 Å². The van der Waals surface area contributed by atoms with Crippen molar-refractivity contribution >= 4 is 5.91 Å². The standard InChI is InChI=1S/C19H22N2O4/c1-4-13(12-14(22)10-11-25-3)19(24)20-16-6-5-7-17-15(16)8-9-18(23)21(17)2/h1,8-10,12,16,22H,5-7,11H2,2-3H3,(H,20,24)/b13-12+,14-10+. The van der Waals surface area contributed by atoms with Crippen LogP contribution < -0.4 is 10.9 Å². The van der Waals surface area contributed by atoms with Gasteiger partial charge in [0.05, 0.1) is 18.2 Å². The first kappa shape index (κ1) is 18.6. The number of methoxy groups -OCH3 is 1. The molecule has 1 unspecified atom stereocenters. The van der Waals surface area contributed by atoms with Crippen LogP contribution in [0, 0.1) is 12.3 Å². The second kappa shape index (κ2) is 8.36. The Morgan fingerprint density at radius 3 is 3.00 bits per heavy atom. The molecule has 6 nitrogen and oxygen atoms in total. The van der Waals surface area contributed by atoms with E-state index in [-0.39, 0.29) is 29.5 Å². The Bertz CT molecular complexity index is 812. The molecule has 1 amide bonds. The largest absolute Gasteiger partial charge is 0.508 e. The number of pyridine rings is 1. The number of aromatic nitrogens is 1. The number of amides is 1. The minimum Gasteiger partial charge on any atom is -0.508 e. The maximum absolute atomic E-state index is 12.5. The molecule has 0 saturated carbocycles. The fraction of sp³-hybridized carbons (Fsp3) is 0.368. The van der Waals surface area contributed by atoms with Crippen LogP contribution in [0.1, 0.15) is 30.1 Å². The summed E-state index contributed by atoms with van der Waals surface area (Å²) in [6.07, 6.45) is 10.5. The van der Waals surface area contributed by atoms with Gasteiger partial charge in [-0.2, -0.15) is 0 Å². The average Bonchev–Trinajstić information content (AvgIpc) is 2.61. The summed E-state index contributed by atoms with van der Waals surface area (Å²) in [5.41, 5.74) is 1.82. The summed E-state index contributed by atoms with van der Waals surface area (Å²) in [6, 6.07) is 3.04. The minimum absolute atomic E-state index is 0.0294. The maximum atomic E-state index is 12.5. The Morgan fingerprint density at radius 2 is 2.32 bits per heavy atom. The van der Waals surface area contributed by atoms with Crippen LogP contribution in [0.15, 0.2) is 40.4 Å². The third kappa shape index (κ3) is 4.40. The molecular formula is C19H22N2O4. The molecule has 1 aromatic rings. The van der Waals surface area contributed by atoms with Crippen molar-refractivity contribution in [2.24, 2.45) is 7.05 Å². The van der Waals surface area contributed by atoms with E-state index >= 15 is 0 Å². The molecule has 25 heavy (non-hydrogen) atoms. The number of rotatable bonds is 5. The number of aliphatic hydroxyl groups is 1. The third-order valence-electron chi connectivity index (χ3n) is 4.21. The van der Waals surface area contributed by atoms with E-state index in [9.17, 15) is 14.7 Å². The lowest BCUT2D eigenvalue weighted by molar-refractivity contribution is -0.117. The number of terminal acetylenes is 1. The van der Waals surface area contributed by atoms with E-state index in [0.717, 1.165) is 30.5 Å². The van der Waals surface area contributed by atoms with Gasteiger partial charge in [0.2, 0.25) is 5.56 Å². The van der Waals surface area contributed by atoms with Crippen LogP contribution in [0.2, 0.25) is 0 Å². The highest BCUT2D eigenvalue weighted by atomic mass is 16.5. The molecule has 2 N–H and O–H groups in total. The van der Waals surface area contributed by atoms with Crippen LogP contribution in [0.5, 0.6) is 0 Å². The zero-order chi connectivity index (χ0) is 18.4.